The molecule has 1 aliphatic rings. The summed E-state index contributed by atoms with van der Waals surface area (Å²) in [4.78, 5) is 20.9. The van der Waals surface area contributed by atoms with E-state index in [0.29, 0.717) is 37.4 Å². The highest BCUT2D eigenvalue weighted by molar-refractivity contribution is 7.89. The normalized spacial score (nSPS) is 15.9. The van der Waals surface area contributed by atoms with Gasteiger partial charge >= 0.3 is 0 Å². The number of fused-ring (bicyclic) bond motifs is 1. The summed E-state index contributed by atoms with van der Waals surface area (Å²) in [6.07, 6.45) is 1.70. The van der Waals surface area contributed by atoms with Gasteiger partial charge in [-0.15, -0.1) is 11.3 Å². The van der Waals surface area contributed by atoms with Gasteiger partial charge in [0.05, 0.1) is 33.5 Å². The van der Waals surface area contributed by atoms with E-state index in [0.717, 1.165) is 16.0 Å². The monoisotopic (exact) mass is 447 g/mol. The van der Waals surface area contributed by atoms with Crippen molar-refractivity contribution < 1.29 is 13.2 Å². The zero-order valence-corrected chi connectivity index (χ0v) is 18.9. The molecule has 0 unspecified atom stereocenters. The fourth-order valence-electron chi connectivity index (χ4n) is 3.65. The summed E-state index contributed by atoms with van der Waals surface area (Å²) < 4.78 is 27.5. The van der Waals surface area contributed by atoms with E-state index >= 15 is 0 Å². The molecule has 8 nitrogen and oxygen atoms in total. The van der Waals surface area contributed by atoms with Gasteiger partial charge < -0.3 is 4.90 Å². The van der Waals surface area contributed by atoms with Crippen molar-refractivity contribution in [3.05, 3.63) is 35.3 Å². The Hall–Kier alpha value is -2.30. The Labute approximate surface area is 180 Å². The van der Waals surface area contributed by atoms with Gasteiger partial charge in [-0.3, -0.25) is 4.79 Å². The topological polar surface area (TPSA) is 88.4 Å². The Morgan fingerprint density at radius 3 is 2.57 bits per heavy atom. The van der Waals surface area contributed by atoms with Crippen molar-refractivity contribution in [1.82, 2.24) is 24.0 Å². The van der Waals surface area contributed by atoms with Crippen molar-refractivity contribution in [3.8, 4) is 10.6 Å². The molecule has 4 heterocycles. The smallest absolute Gasteiger partial charge is 0.254 e. The second-order valence-corrected chi connectivity index (χ2v) is 10.7. The van der Waals surface area contributed by atoms with Crippen LogP contribution in [0.4, 0.5) is 0 Å². The Morgan fingerprint density at radius 2 is 1.97 bits per heavy atom. The largest absolute Gasteiger partial charge is 0.336 e. The zero-order valence-electron chi connectivity index (χ0n) is 17.3. The van der Waals surface area contributed by atoms with Crippen molar-refractivity contribution in [1.29, 1.82) is 0 Å². The maximum Gasteiger partial charge on any atom is 0.254 e. The van der Waals surface area contributed by atoms with Gasteiger partial charge in [-0.2, -0.15) is 9.40 Å². The van der Waals surface area contributed by atoms with Crippen LogP contribution in [0.5, 0.6) is 0 Å². The number of piperazine rings is 1. The maximum atomic E-state index is 13.4. The van der Waals surface area contributed by atoms with E-state index in [1.165, 1.54) is 4.31 Å². The van der Waals surface area contributed by atoms with Crippen LogP contribution in [0.25, 0.3) is 21.6 Å². The Bertz CT molecular complexity index is 1160. The minimum atomic E-state index is -3.24. The summed E-state index contributed by atoms with van der Waals surface area (Å²) in [6, 6.07) is 5.88. The molecule has 3 aromatic heterocycles. The number of sulfonamides is 1. The summed E-state index contributed by atoms with van der Waals surface area (Å²) in [5.74, 6) is -0.0399. The first-order valence-electron chi connectivity index (χ1n) is 10.0. The van der Waals surface area contributed by atoms with Crippen LogP contribution in [-0.4, -0.2) is 70.2 Å². The predicted octanol–water partition coefficient (Wildman–Crippen LogP) is 2.85. The van der Waals surface area contributed by atoms with Gasteiger partial charge in [-0.1, -0.05) is 6.07 Å². The summed E-state index contributed by atoms with van der Waals surface area (Å²) in [7, 11) is -3.24. The number of thiophene rings is 1. The van der Waals surface area contributed by atoms with Crippen LogP contribution in [0, 0.1) is 0 Å². The van der Waals surface area contributed by atoms with Crippen molar-refractivity contribution in [2.24, 2.45) is 0 Å². The molecule has 0 radical (unpaired) electrons. The Morgan fingerprint density at radius 1 is 1.23 bits per heavy atom. The predicted molar refractivity (Wildman–Crippen MR) is 118 cm³/mol. The molecule has 160 valence electrons. The highest BCUT2D eigenvalue weighted by Crippen LogP contribution is 2.29. The van der Waals surface area contributed by atoms with Crippen LogP contribution in [0.2, 0.25) is 0 Å². The molecule has 1 aliphatic heterocycles. The molecular formula is C20H25N5O3S2. The fourth-order valence-corrected chi connectivity index (χ4v) is 5.42. The Balaban J connectivity index is 1.70. The Kier molecular flexibility index (Phi) is 5.65. The van der Waals surface area contributed by atoms with E-state index in [9.17, 15) is 13.2 Å². The lowest BCUT2D eigenvalue weighted by molar-refractivity contribution is 0.0700. The molecule has 3 aromatic rings. The van der Waals surface area contributed by atoms with Crippen molar-refractivity contribution in [2.75, 3.05) is 31.9 Å². The van der Waals surface area contributed by atoms with Gasteiger partial charge in [-0.25, -0.2) is 18.1 Å². The first-order chi connectivity index (χ1) is 14.3. The second kappa shape index (κ2) is 8.09. The molecule has 0 aliphatic carbocycles. The van der Waals surface area contributed by atoms with E-state index in [-0.39, 0.29) is 17.7 Å². The third kappa shape index (κ3) is 3.75. The number of pyridine rings is 1. The lowest BCUT2D eigenvalue weighted by Crippen LogP contribution is -2.50. The highest BCUT2D eigenvalue weighted by Gasteiger charge is 2.29. The lowest BCUT2D eigenvalue weighted by atomic mass is 10.1. The molecule has 30 heavy (non-hydrogen) atoms. The number of amides is 1. The molecule has 0 N–H and O–H groups in total. The van der Waals surface area contributed by atoms with Crippen LogP contribution >= 0.6 is 11.3 Å². The quantitative estimate of drug-likeness (QED) is 0.600. The molecule has 1 amide bonds. The SMILES string of the molecule is CCS(=O)(=O)N1CCN(C(=O)c2cc(-c3cccs3)nc3c2cnn3C(C)C)CC1. The summed E-state index contributed by atoms with van der Waals surface area (Å²) in [6.45, 7) is 7.07. The first-order valence-corrected chi connectivity index (χ1v) is 12.5. The molecule has 1 fully saturated rings. The van der Waals surface area contributed by atoms with Gasteiger partial charge in [0.15, 0.2) is 5.65 Å². The van der Waals surface area contributed by atoms with Crippen LogP contribution in [0.15, 0.2) is 29.8 Å². The first kappa shape index (κ1) is 21.0. The second-order valence-electron chi connectivity index (χ2n) is 7.54. The van der Waals surface area contributed by atoms with Crippen molar-refractivity contribution >= 4 is 38.3 Å². The molecule has 0 atom stereocenters. The van der Waals surface area contributed by atoms with Gasteiger partial charge in [0.25, 0.3) is 5.91 Å². The number of carbonyl (C=O) groups is 1. The third-order valence-electron chi connectivity index (χ3n) is 5.34. The minimum Gasteiger partial charge on any atom is -0.336 e. The van der Waals surface area contributed by atoms with E-state index in [1.54, 1.807) is 29.4 Å². The highest BCUT2D eigenvalue weighted by atomic mass is 32.2. The summed E-state index contributed by atoms with van der Waals surface area (Å²) >= 11 is 1.57. The average molecular weight is 448 g/mol. The number of carbonyl (C=O) groups excluding carboxylic acids is 1. The average Bonchev–Trinajstić information content (AvgIpc) is 3.42. The van der Waals surface area contributed by atoms with Crippen LogP contribution < -0.4 is 0 Å². The molecule has 0 spiro atoms. The lowest BCUT2D eigenvalue weighted by Gasteiger charge is -2.34. The molecule has 0 saturated carbocycles. The number of hydrogen-bond acceptors (Lipinski definition) is 6. The van der Waals surface area contributed by atoms with E-state index in [2.05, 4.69) is 5.10 Å². The maximum absolute atomic E-state index is 13.4. The number of nitrogens with zero attached hydrogens (tertiary/aromatic N) is 5. The van der Waals surface area contributed by atoms with Gasteiger partial charge in [0.2, 0.25) is 10.0 Å². The third-order valence-corrected chi connectivity index (χ3v) is 8.12. The summed E-state index contributed by atoms with van der Waals surface area (Å²) in [5.41, 5.74) is 1.99. The zero-order chi connectivity index (χ0) is 21.5. The molecule has 0 bridgehead atoms. The van der Waals surface area contributed by atoms with E-state index in [4.69, 9.17) is 4.98 Å². The van der Waals surface area contributed by atoms with Gasteiger partial charge in [0, 0.05) is 32.2 Å². The van der Waals surface area contributed by atoms with Crippen LogP contribution in [0.1, 0.15) is 37.2 Å². The molecule has 10 heteroatoms. The van der Waals surface area contributed by atoms with Crippen molar-refractivity contribution in [3.63, 3.8) is 0 Å². The molecule has 0 aromatic carbocycles. The molecular weight excluding hydrogens is 422 g/mol. The van der Waals surface area contributed by atoms with E-state index in [1.807, 2.05) is 42.1 Å². The van der Waals surface area contributed by atoms with Gasteiger partial charge in [-0.05, 0) is 38.3 Å². The fraction of sp³-hybridized carbons (Fsp3) is 0.450. The standard InChI is InChI=1S/C20H25N5O3S2/c1-4-30(27,28)24-9-7-23(8-10-24)20(26)15-12-17(18-6-5-11-29-18)22-19-16(15)13-21-25(19)14(2)3/h5-6,11-14H,4,7-10H2,1-3H3. The van der Waals surface area contributed by atoms with Crippen molar-refractivity contribution in [2.45, 2.75) is 26.8 Å². The molecule has 4 rings (SSSR count). The number of hydrogen-bond donors (Lipinski definition) is 0. The minimum absolute atomic E-state index is 0.0739. The van der Waals surface area contributed by atoms with Gasteiger partial charge in [0.1, 0.15) is 0 Å². The number of rotatable bonds is 5. The van der Waals surface area contributed by atoms with Crippen LogP contribution in [-0.2, 0) is 10.0 Å². The van der Waals surface area contributed by atoms with E-state index < -0.39 is 10.0 Å². The molecule has 1 saturated heterocycles. The van der Waals surface area contributed by atoms with Crippen LogP contribution in [0.3, 0.4) is 0 Å². The number of aromatic nitrogens is 3. The summed E-state index contributed by atoms with van der Waals surface area (Å²) in [5, 5.41) is 7.16.